The van der Waals surface area contributed by atoms with E-state index in [1.54, 1.807) is 4.90 Å². The monoisotopic (exact) mass is 368 g/mol. The molecule has 1 amide bonds. The minimum atomic E-state index is -0.243. The first kappa shape index (κ1) is 15.6. The van der Waals surface area contributed by atoms with E-state index in [4.69, 9.17) is 4.74 Å². The maximum atomic E-state index is 12.8. The highest BCUT2D eigenvalue weighted by Gasteiger charge is 2.53. The third-order valence-electron chi connectivity index (χ3n) is 4.89. The highest BCUT2D eigenvalue weighted by atomic mass is 79.9. The Bertz CT molecular complexity index is 738. The fraction of sp³-hybridized carbons (Fsp3) is 0.625. The summed E-state index contributed by atoms with van der Waals surface area (Å²) in [5.41, 5.74) is 0.651. The van der Waals surface area contributed by atoms with Gasteiger partial charge in [0.2, 0.25) is 5.43 Å². The standard InChI is InChI=1S/C16H21BrN2O3/c1-6-18-8-16(4)7-15(2,3)13-9(17)11(20)12(22-5)10(14(18)21)19(13)16/h6-8H2,1-5H3. The lowest BCUT2D eigenvalue weighted by atomic mass is 9.81. The number of nitrogens with zero attached hydrogens (tertiary/aromatic N) is 2. The molecule has 3 rings (SSSR count). The summed E-state index contributed by atoms with van der Waals surface area (Å²) in [5, 5.41) is 0. The minimum absolute atomic E-state index is 0.125. The van der Waals surface area contributed by atoms with Gasteiger partial charge in [0, 0.05) is 24.2 Å². The third-order valence-corrected chi connectivity index (χ3v) is 5.62. The van der Waals surface area contributed by atoms with Crippen molar-refractivity contribution in [3.8, 4) is 5.75 Å². The zero-order chi connectivity index (χ0) is 16.4. The quantitative estimate of drug-likeness (QED) is 0.805. The molecule has 1 aromatic rings. The molecule has 5 nitrogen and oxygen atoms in total. The van der Waals surface area contributed by atoms with Crippen LogP contribution in [0.5, 0.6) is 5.75 Å². The zero-order valence-corrected chi connectivity index (χ0v) is 15.2. The highest BCUT2D eigenvalue weighted by molar-refractivity contribution is 9.10. The second-order valence-electron chi connectivity index (χ2n) is 7.09. The molecule has 0 N–H and O–H groups in total. The van der Waals surface area contributed by atoms with E-state index in [0.717, 1.165) is 12.1 Å². The summed E-state index contributed by atoms with van der Waals surface area (Å²) in [6.45, 7) is 9.64. The van der Waals surface area contributed by atoms with Gasteiger partial charge in [0.1, 0.15) is 0 Å². The van der Waals surface area contributed by atoms with Gasteiger partial charge >= 0.3 is 0 Å². The molecule has 1 unspecified atom stereocenters. The van der Waals surface area contributed by atoms with Crippen LogP contribution in [0.25, 0.3) is 0 Å². The number of ether oxygens (including phenoxy) is 1. The van der Waals surface area contributed by atoms with Crippen molar-refractivity contribution in [1.29, 1.82) is 0 Å². The van der Waals surface area contributed by atoms with Crippen LogP contribution in [0.15, 0.2) is 9.27 Å². The first-order chi connectivity index (χ1) is 10.2. The SMILES string of the molecule is CCN1CC2(C)CC(C)(C)c3c(Br)c(=O)c(OC)c(n32)C1=O. The van der Waals surface area contributed by atoms with Gasteiger partial charge in [-0.1, -0.05) is 13.8 Å². The second kappa shape index (κ2) is 4.60. The van der Waals surface area contributed by atoms with Gasteiger partial charge in [0.25, 0.3) is 5.91 Å². The molecule has 1 aromatic heterocycles. The van der Waals surface area contributed by atoms with Gasteiger partial charge in [0.15, 0.2) is 11.4 Å². The van der Waals surface area contributed by atoms with Crippen LogP contribution in [0.3, 0.4) is 0 Å². The predicted octanol–water partition coefficient (Wildman–Crippen LogP) is 2.49. The maximum absolute atomic E-state index is 12.8. The Hall–Kier alpha value is -1.30. The average Bonchev–Trinajstić information content (AvgIpc) is 2.65. The number of halogens is 1. The van der Waals surface area contributed by atoms with Crippen molar-refractivity contribution in [2.75, 3.05) is 20.2 Å². The van der Waals surface area contributed by atoms with Crippen LogP contribution in [0.4, 0.5) is 0 Å². The van der Waals surface area contributed by atoms with E-state index >= 15 is 0 Å². The molecule has 0 saturated carbocycles. The molecule has 2 aliphatic heterocycles. The molecule has 0 aromatic carbocycles. The first-order valence-electron chi connectivity index (χ1n) is 7.50. The summed E-state index contributed by atoms with van der Waals surface area (Å²) in [6.07, 6.45) is 0.877. The molecular formula is C16H21BrN2O3. The Balaban J connectivity index is 2.48. The Morgan fingerprint density at radius 1 is 1.27 bits per heavy atom. The maximum Gasteiger partial charge on any atom is 0.274 e. The van der Waals surface area contributed by atoms with Gasteiger partial charge in [-0.2, -0.15) is 0 Å². The molecule has 0 bridgehead atoms. The number of hydrogen-bond acceptors (Lipinski definition) is 3. The normalized spacial score (nSPS) is 25.4. The third kappa shape index (κ3) is 1.76. The summed E-state index contributed by atoms with van der Waals surface area (Å²) < 4.78 is 7.88. The number of likely N-dealkylation sites (N-methyl/N-ethyl adjacent to an activating group) is 1. The van der Waals surface area contributed by atoms with E-state index in [-0.39, 0.29) is 28.0 Å². The first-order valence-corrected chi connectivity index (χ1v) is 8.30. The van der Waals surface area contributed by atoms with E-state index in [1.807, 2.05) is 11.5 Å². The molecule has 1 atom stereocenters. The summed E-state index contributed by atoms with van der Waals surface area (Å²) in [6, 6.07) is 0. The van der Waals surface area contributed by atoms with Crippen molar-refractivity contribution in [3.05, 3.63) is 26.1 Å². The molecule has 0 spiro atoms. The van der Waals surface area contributed by atoms with E-state index in [2.05, 4.69) is 36.7 Å². The van der Waals surface area contributed by atoms with Crippen LogP contribution >= 0.6 is 15.9 Å². The molecule has 6 heteroatoms. The highest BCUT2D eigenvalue weighted by Crippen LogP contribution is 2.50. The fourth-order valence-electron chi connectivity index (χ4n) is 4.28. The van der Waals surface area contributed by atoms with Gasteiger partial charge in [-0.3, -0.25) is 9.59 Å². The van der Waals surface area contributed by atoms with E-state index < -0.39 is 0 Å². The van der Waals surface area contributed by atoms with Crippen molar-refractivity contribution in [2.24, 2.45) is 0 Å². The van der Waals surface area contributed by atoms with E-state index in [0.29, 0.717) is 23.3 Å². The Labute approximate surface area is 138 Å². The smallest absolute Gasteiger partial charge is 0.274 e. The largest absolute Gasteiger partial charge is 0.491 e. The van der Waals surface area contributed by atoms with Crippen LogP contribution in [-0.4, -0.2) is 35.6 Å². The van der Waals surface area contributed by atoms with Gasteiger partial charge in [-0.15, -0.1) is 0 Å². The van der Waals surface area contributed by atoms with Crippen LogP contribution in [-0.2, 0) is 11.0 Å². The molecule has 120 valence electrons. The summed E-state index contributed by atoms with van der Waals surface area (Å²) in [7, 11) is 1.45. The number of methoxy groups -OCH3 is 1. The summed E-state index contributed by atoms with van der Waals surface area (Å²) in [4.78, 5) is 27.3. The second-order valence-corrected chi connectivity index (χ2v) is 7.88. The Morgan fingerprint density at radius 3 is 2.45 bits per heavy atom. The predicted molar refractivity (Wildman–Crippen MR) is 87.8 cm³/mol. The van der Waals surface area contributed by atoms with Gasteiger partial charge in [-0.05, 0) is 36.2 Å². The van der Waals surface area contributed by atoms with Crippen LogP contribution in [0, 0.1) is 0 Å². The fourth-order valence-corrected chi connectivity index (χ4v) is 5.17. The lowest BCUT2D eigenvalue weighted by molar-refractivity contribution is 0.0582. The number of carbonyl (C=O) groups is 1. The number of amides is 1. The van der Waals surface area contributed by atoms with E-state index in [9.17, 15) is 9.59 Å². The lowest BCUT2D eigenvalue weighted by Gasteiger charge is -2.41. The number of hydrogen-bond donors (Lipinski definition) is 0. The molecule has 0 fully saturated rings. The minimum Gasteiger partial charge on any atom is -0.491 e. The molecule has 0 radical (unpaired) electrons. The van der Waals surface area contributed by atoms with E-state index in [1.165, 1.54) is 7.11 Å². The lowest BCUT2D eigenvalue weighted by Crippen LogP contribution is -2.52. The Kier molecular flexibility index (Phi) is 3.26. The van der Waals surface area contributed by atoms with Gasteiger partial charge in [-0.25, -0.2) is 0 Å². The van der Waals surface area contributed by atoms with Crippen molar-refractivity contribution >= 4 is 21.8 Å². The van der Waals surface area contributed by atoms with Crippen molar-refractivity contribution < 1.29 is 9.53 Å². The average molecular weight is 369 g/mol. The van der Waals surface area contributed by atoms with Crippen LogP contribution < -0.4 is 10.2 Å². The van der Waals surface area contributed by atoms with Gasteiger partial charge < -0.3 is 14.2 Å². The molecule has 0 saturated heterocycles. The number of carbonyl (C=O) groups excluding carboxylic acids is 1. The molecular weight excluding hydrogens is 348 g/mol. The molecule has 3 heterocycles. The number of rotatable bonds is 2. The van der Waals surface area contributed by atoms with Crippen molar-refractivity contribution in [3.63, 3.8) is 0 Å². The van der Waals surface area contributed by atoms with Crippen molar-refractivity contribution in [2.45, 2.75) is 45.1 Å². The van der Waals surface area contributed by atoms with Crippen LogP contribution in [0.2, 0.25) is 0 Å². The number of aromatic nitrogens is 1. The Morgan fingerprint density at radius 2 is 1.91 bits per heavy atom. The van der Waals surface area contributed by atoms with Gasteiger partial charge in [0.05, 0.1) is 17.1 Å². The topological polar surface area (TPSA) is 51.5 Å². The molecule has 22 heavy (non-hydrogen) atoms. The van der Waals surface area contributed by atoms with Crippen LogP contribution in [0.1, 0.15) is 50.3 Å². The summed E-state index contributed by atoms with van der Waals surface area (Å²) in [5.74, 6) is 0.0167. The summed E-state index contributed by atoms with van der Waals surface area (Å²) >= 11 is 3.45. The number of pyridine rings is 1. The zero-order valence-electron chi connectivity index (χ0n) is 13.6. The molecule has 0 aliphatic carbocycles. The van der Waals surface area contributed by atoms with Crippen molar-refractivity contribution in [1.82, 2.24) is 9.47 Å². The molecule has 2 aliphatic rings.